The largest absolute Gasteiger partial charge is 0.481 e. The van der Waals surface area contributed by atoms with Crippen molar-refractivity contribution in [2.45, 2.75) is 11.3 Å². The number of benzene rings is 1. The molecule has 2 rings (SSSR count). The SMILES string of the molecule is CNS(=O)(=O)c1csc(C(=O)NCC(Cc2ccccc2)C(=O)O)c1. The monoisotopic (exact) mass is 382 g/mol. The minimum absolute atomic E-state index is 0.00391. The fourth-order valence-electron chi connectivity index (χ4n) is 2.15. The van der Waals surface area contributed by atoms with Crippen LogP contribution in [-0.2, 0) is 21.2 Å². The van der Waals surface area contributed by atoms with Crippen molar-refractivity contribution in [3.63, 3.8) is 0 Å². The number of sulfonamides is 1. The molecule has 0 fully saturated rings. The molecule has 1 atom stereocenters. The number of hydrogen-bond acceptors (Lipinski definition) is 5. The van der Waals surface area contributed by atoms with Crippen molar-refractivity contribution in [1.82, 2.24) is 10.0 Å². The van der Waals surface area contributed by atoms with E-state index in [9.17, 15) is 23.1 Å². The first-order valence-electron chi connectivity index (χ1n) is 7.40. The van der Waals surface area contributed by atoms with Crippen LogP contribution in [0.5, 0.6) is 0 Å². The lowest BCUT2D eigenvalue weighted by Crippen LogP contribution is -2.33. The van der Waals surface area contributed by atoms with Gasteiger partial charge in [-0.25, -0.2) is 13.1 Å². The summed E-state index contributed by atoms with van der Waals surface area (Å²) in [6.45, 7) is -0.0466. The van der Waals surface area contributed by atoms with Crippen molar-refractivity contribution in [2.75, 3.05) is 13.6 Å². The molecule has 2 aromatic rings. The van der Waals surface area contributed by atoms with Gasteiger partial charge in [0.2, 0.25) is 10.0 Å². The molecule has 1 heterocycles. The third-order valence-electron chi connectivity index (χ3n) is 3.56. The third kappa shape index (κ3) is 5.12. The predicted octanol–water partition coefficient (Wildman–Crippen LogP) is 1.33. The number of carboxylic acids is 1. The van der Waals surface area contributed by atoms with Gasteiger partial charge in [0.25, 0.3) is 5.91 Å². The molecule has 1 aromatic carbocycles. The van der Waals surface area contributed by atoms with E-state index in [0.29, 0.717) is 6.42 Å². The summed E-state index contributed by atoms with van der Waals surface area (Å²) in [7, 11) is -2.32. The molecule has 0 spiro atoms. The summed E-state index contributed by atoms with van der Waals surface area (Å²) in [6.07, 6.45) is 0.292. The Morgan fingerprint density at radius 1 is 1.24 bits per heavy atom. The molecular formula is C16H18N2O5S2. The highest BCUT2D eigenvalue weighted by atomic mass is 32.2. The van der Waals surface area contributed by atoms with Gasteiger partial charge in [-0.2, -0.15) is 0 Å². The first-order valence-corrected chi connectivity index (χ1v) is 9.77. The van der Waals surface area contributed by atoms with E-state index in [-0.39, 0.29) is 16.3 Å². The van der Waals surface area contributed by atoms with Gasteiger partial charge in [0.15, 0.2) is 0 Å². The zero-order valence-corrected chi connectivity index (χ0v) is 15.1. The Labute approximate surface area is 149 Å². The average Bonchev–Trinajstić information content (AvgIpc) is 3.10. The second-order valence-electron chi connectivity index (χ2n) is 5.29. The lowest BCUT2D eigenvalue weighted by molar-refractivity contribution is -0.141. The van der Waals surface area contributed by atoms with E-state index >= 15 is 0 Å². The van der Waals surface area contributed by atoms with E-state index in [1.54, 1.807) is 0 Å². The first kappa shape index (κ1) is 19.1. The molecule has 25 heavy (non-hydrogen) atoms. The number of hydrogen-bond donors (Lipinski definition) is 3. The minimum Gasteiger partial charge on any atom is -0.481 e. The molecule has 0 saturated carbocycles. The number of nitrogens with one attached hydrogen (secondary N) is 2. The molecule has 7 nitrogen and oxygen atoms in total. The number of amides is 1. The lowest BCUT2D eigenvalue weighted by Gasteiger charge is -2.13. The number of thiophene rings is 1. The molecule has 0 aliphatic heterocycles. The summed E-state index contributed by atoms with van der Waals surface area (Å²) in [4.78, 5) is 23.7. The molecule has 0 saturated heterocycles. The normalized spacial score (nSPS) is 12.5. The maximum atomic E-state index is 12.1. The lowest BCUT2D eigenvalue weighted by atomic mass is 9.99. The van der Waals surface area contributed by atoms with Crippen molar-refractivity contribution in [3.8, 4) is 0 Å². The summed E-state index contributed by atoms with van der Waals surface area (Å²) in [5.41, 5.74) is 0.864. The third-order valence-corrected chi connectivity index (χ3v) is 6.03. The van der Waals surface area contributed by atoms with Gasteiger partial charge in [0.05, 0.1) is 15.7 Å². The molecular weight excluding hydrogens is 364 g/mol. The van der Waals surface area contributed by atoms with E-state index in [4.69, 9.17) is 0 Å². The number of carbonyl (C=O) groups excluding carboxylic acids is 1. The quantitative estimate of drug-likeness (QED) is 0.638. The van der Waals surface area contributed by atoms with Crippen LogP contribution in [0.25, 0.3) is 0 Å². The Hall–Kier alpha value is -2.23. The molecule has 0 radical (unpaired) electrons. The minimum atomic E-state index is -3.61. The Morgan fingerprint density at radius 3 is 2.52 bits per heavy atom. The summed E-state index contributed by atoms with van der Waals surface area (Å²) in [5, 5.41) is 13.2. The summed E-state index contributed by atoms with van der Waals surface area (Å²) >= 11 is 0.985. The van der Waals surface area contributed by atoms with Crippen molar-refractivity contribution >= 4 is 33.2 Å². The van der Waals surface area contributed by atoms with Crippen LogP contribution in [0.2, 0.25) is 0 Å². The van der Waals surface area contributed by atoms with Crippen LogP contribution in [0.4, 0.5) is 0 Å². The predicted molar refractivity (Wildman–Crippen MR) is 94.2 cm³/mol. The van der Waals surface area contributed by atoms with E-state index in [1.165, 1.54) is 18.5 Å². The fourth-order valence-corrected chi connectivity index (χ4v) is 4.06. The van der Waals surface area contributed by atoms with Gasteiger partial charge in [-0.05, 0) is 25.1 Å². The van der Waals surface area contributed by atoms with Crippen molar-refractivity contribution < 1.29 is 23.1 Å². The van der Waals surface area contributed by atoms with Crippen molar-refractivity contribution in [1.29, 1.82) is 0 Å². The molecule has 1 amide bonds. The Morgan fingerprint density at radius 2 is 1.92 bits per heavy atom. The zero-order valence-electron chi connectivity index (χ0n) is 13.4. The number of carboxylic acid groups (broad SMARTS) is 1. The molecule has 1 unspecified atom stereocenters. The molecule has 0 aliphatic carbocycles. The van der Waals surface area contributed by atoms with Crippen LogP contribution in [0.3, 0.4) is 0 Å². The van der Waals surface area contributed by atoms with Crippen LogP contribution >= 0.6 is 11.3 Å². The highest BCUT2D eigenvalue weighted by Gasteiger charge is 2.21. The van der Waals surface area contributed by atoms with Crippen molar-refractivity contribution in [3.05, 3.63) is 52.2 Å². The Balaban J connectivity index is 2.01. The topological polar surface area (TPSA) is 113 Å². The van der Waals surface area contributed by atoms with Gasteiger partial charge >= 0.3 is 5.97 Å². The highest BCUT2D eigenvalue weighted by Crippen LogP contribution is 2.19. The maximum Gasteiger partial charge on any atom is 0.308 e. The average molecular weight is 382 g/mol. The fraction of sp³-hybridized carbons (Fsp3) is 0.250. The van der Waals surface area contributed by atoms with Gasteiger partial charge in [-0.1, -0.05) is 30.3 Å². The standard InChI is InChI=1S/C16H18N2O5S2/c1-17-25(22,23)13-8-14(24-10-13)15(19)18-9-12(16(20)21)7-11-5-3-2-4-6-11/h2-6,8,10,12,17H,7,9H2,1H3,(H,18,19)(H,20,21). The van der Waals surface area contributed by atoms with E-state index in [0.717, 1.165) is 16.9 Å². The smallest absolute Gasteiger partial charge is 0.308 e. The molecule has 1 aromatic heterocycles. The summed E-state index contributed by atoms with van der Waals surface area (Å²) in [6, 6.07) is 10.4. The van der Waals surface area contributed by atoms with E-state index in [2.05, 4.69) is 10.0 Å². The molecule has 9 heteroatoms. The number of aliphatic carboxylic acids is 1. The Kier molecular flexibility index (Phi) is 6.29. The second kappa shape index (κ2) is 8.24. The zero-order chi connectivity index (χ0) is 18.4. The van der Waals surface area contributed by atoms with Gasteiger partial charge in [0.1, 0.15) is 0 Å². The van der Waals surface area contributed by atoms with Gasteiger partial charge in [0, 0.05) is 11.9 Å². The molecule has 0 aliphatic rings. The van der Waals surface area contributed by atoms with E-state index in [1.807, 2.05) is 30.3 Å². The van der Waals surface area contributed by atoms with Crippen LogP contribution in [0.15, 0.2) is 46.7 Å². The van der Waals surface area contributed by atoms with Crippen LogP contribution in [0.1, 0.15) is 15.2 Å². The van der Waals surface area contributed by atoms with Gasteiger partial charge in [-0.15, -0.1) is 11.3 Å². The van der Waals surface area contributed by atoms with Gasteiger partial charge < -0.3 is 10.4 Å². The van der Waals surface area contributed by atoms with Crippen LogP contribution in [-0.4, -0.2) is 39.0 Å². The number of rotatable bonds is 8. The molecule has 3 N–H and O–H groups in total. The first-order chi connectivity index (χ1) is 11.8. The summed E-state index contributed by atoms with van der Waals surface area (Å²) in [5.74, 6) is -2.28. The molecule has 134 valence electrons. The maximum absolute atomic E-state index is 12.1. The Bertz CT molecular complexity index is 846. The van der Waals surface area contributed by atoms with E-state index < -0.39 is 27.8 Å². The van der Waals surface area contributed by atoms with Crippen LogP contribution in [0, 0.1) is 5.92 Å². The second-order valence-corrected chi connectivity index (χ2v) is 8.09. The molecule has 0 bridgehead atoms. The van der Waals surface area contributed by atoms with Gasteiger partial charge in [-0.3, -0.25) is 9.59 Å². The highest BCUT2D eigenvalue weighted by molar-refractivity contribution is 7.89. The van der Waals surface area contributed by atoms with Crippen LogP contribution < -0.4 is 10.0 Å². The summed E-state index contributed by atoms with van der Waals surface area (Å²) < 4.78 is 25.5. The number of carbonyl (C=O) groups is 2. The van der Waals surface area contributed by atoms with Crippen molar-refractivity contribution in [2.24, 2.45) is 5.92 Å².